The molecule has 19 heavy (non-hydrogen) atoms. The Morgan fingerprint density at radius 1 is 1.47 bits per heavy atom. The number of benzene rings is 1. The molecule has 2 nitrogen and oxygen atoms in total. The quantitative estimate of drug-likeness (QED) is 0.892. The lowest BCUT2D eigenvalue weighted by atomic mass is 10.1. The van der Waals surface area contributed by atoms with E-state index in [1.54, 1.807) is 30.4 Å². The standard InChI is InChI=1S/C14H15BrFNOS/c1-9(18)11-4-3-5-12(16)14(11)17(2)7-10-6-13(15)19-8-10/h3-6,8-9,18H,7H2,1-2H3/t9-/m0/s1. The van der Waals surface area contributed by atoms with E-state index in [0.29, 0.717) is 17.8 Å². The minimum Gasteiger partial charge on any atom is -0.389 e. The molecule has 0 fully saturated rings. The van der Waals surface area contributed by atoms with E-state index >= 15 is 0 Å². The van der Waals surface area contributed by atoms with Crippen LogP contribution in [0.2, 0.25) is 0 Å². The van der Waals surface area contributed by atoms with Crippen molar-refractivity contribution in [3.63, 3.8) is 0 Å². The van der Waals surface area contributed by atoms with Gasteiger partial charge in [0.15, 0.2) is 0 Å². The fourth-order valence-corrected chi connectivity index (χ4v) is 3.25. The topological polar surface area (TPSA) is 23.5 Å². The number of hydrogen-bond donors (Lipinski definition) is 1. The van der Waals surface area contributed by atoms with Crippen molar-refractivity contribution in [1.82, 2.24) is 0 Å². The molecule has 0 bridgehead atoms. The summed E-state index contributed by atoms with van der Waals surface area (Å²) < 4.78 is 15.1. The summed E-state index contributed by atoms with van der Waals surface area (Å²) in [5, 5.41) is 11.8. The van der Waals surface area contributed by atoms with Crippen LogP contribution in [0.25, 0.3) is 0 Å². The zero-order valence-corrected chi connectivity index (χ0v) is 13.1. The average Bonchev–Trinajstić information content (AvgIpc) is 2.74. The van der Waals surface area contributed by atoms with Crippen molar-refractivity contribution in [3.05, 3.63) is 50.4 Å². The Morgan fingerprint density at radius 2 is 2.21 bits per heavy atom. The van der Waals surface area contributed by atoms with Crippen molar-refractivity contribution < 1.29 is 9.50 Å². The SMILES string of the molecule is C[C@H](O)c1cccc(F)c1N(C)Cc1csc(Br)c1. The molecule has 0 aliphatic carbocycles. The fraction of sp³-hybridized carbons (Fsp3) is 0.286. The highest BCUT2D eigenvalue weighted by Gasteiger charge is 2.16. The van der Waals surface area contributed by atoms with Crippen molar-refractivity contribution in [2.24, 2.45) is 0 Å². The Labute approximate surface area is 124 Å². The van der Waals surface area contributed by atoms with Crippen molar-refractivity contribution in [2.75, 3.05) is 11.9 Å². The summed E-state index contributed by atoms with van der Waals surface area (Å²) in [6.45, 7) is 2.25. The highest BCUT2D eigenvalue weighted by molar-refractivity contribution is 9.11. The second kappa shape index (κ2) is 6.03. The van der Waals surface area contributed by atoms with Crippen molar-refractivity contribution in [2.45, 2.75) is 19.6 Å². The van der Waals surface area contributed by atoms with Gasteiger partial charge in [0.1, 0.15) is 5.82 Å². The Morgan fingerprint density at radius 3 is 2.79 bits per heavy atom. The van der Waals surface area contributed by atoms with E-state index in [2.05, 4.69) is 15.9 Å². The molecule has 0 radical (unpaired) electrons. The third-order valence-electron chi connectivity index (χ3n) is 2.89. The normalized spacial score (nSPS) is 12.5. The molecule has 0 aliphatic heterocycles. The number of aliphatic hydroxyl groups is 1. The number of hydrogen-bond acceptors (Lipinski definition) is 3. The summed E-state index contributed by atoms with van der Waals surface area (Å²) in [4.78, 5) is 1.83. The summed E-state index contributed by atoms with van der Waals surface area (Å²) in [7, 11) is 1.83. The molecule has 0 saturated heterocycles. The van der Waals surface area contributed by atoms with Gasteiger partial charge in [0.05, 0.1) is 15.6 Å². The van der Waals surface area contributed by atoms with Gasteiger partial charge in [-0.3, -0.25) is 0 Å². The summed E-state index contributed by atoms with van der Waals surface area (Å²) in [5.74, 6) is -0.310. The molecular weight excluding hydrogens is 329 g/mol. The monoisotopic (exact) mass is 343 g/mol. The first-order chi connectivity index (χ1) is 8.99. The molecule has 102 valence electrons. The maximum Gasteiger partial charge on any atom is 0.146 e. The van der Waals surface area contributed by atoms with E-state index < -0.39 is 6.10 Å². The maximum absolute atomic E-state index is 14.0. The first-order valence-electron chi connectivity index (χ1n) is 5.89. The van der Waals surface area contributed by atoms with Crippen molar-refractivity contribution >= 4 is 33.0 Å². The molecule has 0 saturated carbocycles. The second-order valence-electron chi connectivity index (χ2n) is 4.47. The molecule has 0 spiro atoms. The Bertz CT molecular complexity index is 570. The van der Waals surface area contributed by atoms with E-state index in [1.807, 2.05) is 23.4 Å². The number of halogens is 2. The molecule has 0 aliphatic rings. The van der Waals surface area contributed by atoms with Gasteiger partial charge in [-0.25, -0.2) is 4.39 Å². The van der Waals surface area contributed by atoms with E-state index in [4.69, 9.17) is 0 Å². The molecule has 1 aromatic heterocycles. The first kappa shape index (κ1) is 14.5. The van der Waals surface area contributed by atoms with Gasteiger partial charge in [0.2, 0.25) is 0 Å². The van der Waals surface area contributed by atoms with Crippen LogP contribution in [0.15, 0.2) is 33.4 Å². The molecule has 0 unspecified atom stereocenters. The number of anilines is 1. The fourth-order valence-electron chi connectivity index (χ4n) is 2.05. The molecule has 1 atom stereocenters. The van der Waals surface area contributed by atoms with Gasteiger partial charge in [-0.05, 0) is 45.9 Å². The van der Waals surface area contributed by atoms with Crippen LogP contribution in [0.1, 0.15) is 24.2 Å². The third-order valence-corrected chi connectivity index (χ3v) is 4.44. The van der Waals surface area contributed by atoms with Gasteiger partial charge in [-0.15, -0.1) is 11.3 Å². The minimum absolute atomic E-state index is 0.310. The van der Waals surface area contributed by atoms with Gasteiger partial charge in [-0.2, -0.15) is 0 Å². The molecular formula is C14H15BrFNOS. The van der Waals surface area contributed by atoms with Crippen molar-refractivity contribution in [3.8, 4) is 0 Å². The molecule has 1 N–H and O–H groups in total. The minimum atomic E-state index is -0.692. The van der Waals surface area contributed by atoms with Gasteiger partial charge in [-0.1, -0.05) is 12.1 Å². The predicted molar refractivity (Wildman–Crippen MR) is 81.2 cm³/mol. The first-order valence-corrected chi connectivity index (χ1v) is 7.57. The number of aliphatic hydroxyl groups excluding tert-OH is 1. The van der Waals surface area contributed by atoms with Gasteiger partial charge < -0.3 is 10.0 Å². The molecule has 2 rings (SSSR count). The van der Waals surface area contributed by atoms with Crippen LogP contribution >= 0.6 is 27.3 Å². The lowest BCUT2D eigenvalue weighted by Gasteiger charge is -2.23. The van der Waals surface area contributed by atoms with Crippen LogP contribution in [0.3, 0.4) is 0 Å². The lowest BCUT2D eigenvalue weighted by Crippen LogP contribution is -2.19. The molecule has 2 aromatic rings. The number of rotatable bonds is 4. The Hall–Kier alpha value is -0.910. The largest absolute Gasteiger partial charge is 0.389 e. The van der Waals surface area contributed by atoms with Gasteiger partial charge in [0, 0.05) is 19.2 Å². The third kappa shape index (κ3) is 3.35. The Kier molecular flexibility index (Phi) is 4.60. The van der Waals surface area contributed by atoms with Gasteiger partial charge in [0.25, 0.3) is 0 Å². The number of para-hydroxylation sites is 1. The predicted octanol–water partition coefficient (Wildman–Crippen LogP) is 4.34. The highest BCUT2D eigenvalue weighted by atomic mass is 79.9. The van der Waals surface area contributed by atoms with E-state index in [9.17, 15) is 9.50 Å². The second-order valence-corrected chi connectivity index (χ2v) is 6.76. The molecule has 1 heterocycles. The zero-order chi connectivity index (χ0) is 14.0. The van der Waals surface area contributed by atoms with E-state index in [1.165, 1.54) is 6.07 Å². The van der Waals surface area contributed by atoms with E-state index in [0.717, 1.165) is 9.35 Å². The average molecular weight is 344 g/mol. The highest BCUT2D eigenvalue weighted by Crippen LogP contribution is 2.30. The van der Waals surface area contributed by atoms with Crippen LogP contribution < -0.4 is 4.90 Å². The van der Waals surface area contributed by atoms with Gasteiger partial charge >= 0.3 is 0 Å². The van der Waals surface area contributed by atoms with Crippen LogP contribution in [0, 0.1) is 5.82 Å². The zero-order valence-electron chi connectivity index (χ0n) is 10.7. The van der Waals surface area contributed by atoms with Crippen molar-refractivity contribution in [1.29, 1.82) is 0 Å². The number of nitrogens with zero attached hydrogens (tertiary/aromatic N) is 1. The summed E-state index contributed by atoms with van der Waals surface area (Å²) in [6, 6.07) is 6.81. The van der Waals surface area contributed by atoms with Crippen LogP contribution in [0.4, 0.5) is 10.1 Å². The molecule has 5 heteroatoms. The number of thiophene rings is 1. The summed E-state index contributed by atoms with van der Waals surface area (Å²) in [5.41, 5.74) is 2.18. The van der Waals surface area contributed by atoms with E-state index in [-0.39, 0.29) is 5.82 Å². The molecule has 0 amide bonds. The lowest BCUT2D eigenvalue weighted by molar-refractivity contribution is 0.199. The van der Waals surface area contributed by atoms with Crippen LogP contribution in [-0.2, 0) is 6.54 Å². The van der Waals surface area contributed by atoms with Crippen LogP contribution in [-0.4, -0.2) is 12.2 Å². The Balaban J connectivity index is 2.30. The summed E-state index contributed by atoms with van der Waals surface area (Å²) in [6.07, 6.45) is -0.692. The maximum atomic E-state index is 14.0. The smallest absolute Gasteiger partial charge is 0.146 e. The molecule has 1 aromatic carbocycles. The van der Waals surface area contributed by atoms with Crippen LogP contribution in [0.5, 0.6) is 0 Å². The summed E-state index contributed by atoms with van der Waals surface area (Å²) >= 11 is 5.02.